The second-order valence-corrected chi connectivity index (χ2v) is 5.63. The molecule has 0 aromatic carbocycles. The number of nitrogens with zero attached hydrogens (tertiary/aromatic N) is 3. The number of nitrogens with one attached hydrogen (secondary N) is 1. The van der Waals surface area contributed by atoms with Gasteiger partial charge in [-0.2, -0.15) is 5.10 Å². The van der Waals surface area contributed by atoms with Gasteiger partial charge in [0.1, 0.15) is 5.52 Å². The molecule has 0 saturated heterocycles. The molecule has 0 amide bonds. The summed E-state index contributed by atoms with van der Waals surface area (Å²) in [5.41, 5.74) is 0.606. The number of thiophene rings is 1. The Morgan fingerprint density at radius 2 is 2.30 bits per heavy atom. The summed E-state index contributed by atoms with van der Waals surface area (Å²) in [6.45, 7) is 3.54. The van der Waals surface area contributed by atoms with Crippen molar-refractivity contribution in [1.82, 2.24) is 19.5 Å². The van der Waals surface area contributed by atoms with Crippen LogP contribution in [0, 0.1) is 0 Å². The summed E-state index contributed by atoms with van der Waals surface area (Å²) in [4.78, 5) is 13.5. The first-order valence-electron chi connectivity index (χ1n) is 6.55. The maximum atomic E-state index is 12.2. The fraction of sp³-hybridized carbons (Fsp3) is 0.286. The summed E-state index contributed by atoms with van der Waals surface area (Å²) in [7, 11) is 0. The summed E-state index contributed by atoms with van der Waals surface area (Å²) < 4.78 is 3.31. The number of aromatic nitrogens is 3. The van der Waals surface area contributed by atoms with Gasteiger partial charge in [0.25, 0.3) is 5.56 Å². The van der Waals surface area contributed by atoms with Crippen molar-refractivity contribution in [2.24, 2.45) is 0 Å². The molecule has 0 bridgehead atoms. The molecule has 6 heteroatoms. The predicted molar refractivity (Wildman–Crippen MR) is 80.2 cm³/mol. The van der Waals surface area contributed by atoms with Crippen LogP contribution in [0.1, 0.15) is 17.8 Å². The number of rotatable bonds is 5. The van der Waals surface area contributed by atoms with Crippen molar-refractivity contribution < 1.29 is 0 Å². The minimum Gasteiger partial charge on any atom is -0.311 e. The van der Waals surface area contributed by atoms with E-state index in [-0.39, 0.29) is 5.56 Å². The van der Waals surface area contributed by atoms with Gasteiger partial charge in [-0.05, 0) is 24.4 Å². The molecule has 0 aliphatic heterocycles. The standard InChI is InChI=1S/C14H16N4OS/c1-11(13-3-2-10-20-13)15-6-7-17-8-9-18-12(14(17)19)4-5-16-18/h2-5,8-11,15H,6-7H2,1H3. The van der Waals surface area contributed by atoms with Crippen LogP contribution >= 0.6 is 11.3 Å². The average Bonchev–Trinajstić information content (AvgIpc) is 3.11. The molecule has 0 aliphatic carbocycles. The molecular formula is C14H16N4OS. The first-order chi connectivity index (χ1) is 9.75. The second-order valence-electron chi connectivity index (χ2n) is 4.65. The van der Waals surface area contributed by atoms with Gasteiger partial charge in [-0.3, -0.25) is 4.79 Å². The van der Waals surface area contributed by atoms with Crippen molar-refractivity contribution in [3.05, 3.63) is 57.4 Å². The molecule has 1 unspecified atom stereocenters. The topological polar surface area (TPSA) is 51.3 Å². The van der Waals surface area contributed by atoms with Gasteiger partial charge in [0.2, 0.25) is 0 Å². The maximum absolute atomic E-state index is 12.2. The van der Waals surface area contributed by atoms with Gasteiger partial charge in [0.15, 0.2) is 0 Å². The highest BCUT2D eigenvalue weighted by atomic mass is 32.1. The van der Waals surface area contributed by atoms with E-state index < -0.39 is 0 Å². The average molecular weight is 288 g/mol. The number of hydrogen-bond acceptors (Lipinski definition) is 4. The molecule has 3 aromatic rings. The third-order valence-electron chi connectivity index (χ3n) is 3.31. The van der Waals surface area contributed by atoms with Gasteiger partial charge in [-0.15, -0.1) is 11.3 Å². The zero-order valence-electron chi connectivity index (χ0n) is 11.2. The third kappa shape index (κ3) is 2.52. The van der Waals surface area contributed by atoms with E-state index in [2.05, 4.69) is 34.9 Å². The lowest BCUT2D eigenvalue weighted by molar-refractivity contribution is 0.528. The van der Waals surface area contributed by atoms with E-state index in [1.165, 1.54) is 4.88 Å². The zero-order chi connectivity index (χ0) is 13.9. The Hall–Kier alpha value is -1.92. The number of fused-ring (bicyclic) bond motifs is 1. The van der Waals surface area contributed by atoms with Crippen LogP contribution in [0.4, 0.5) is 0 Å². The van der Waals surface area contributed by atoms with Gasteiger partial charge in [-0.25, -0.2) is 4.52 Å². The van der Waals surface area contributed by atoms with Crippen LogP contribution in [0.3, 0.4) is 0 Å². The summed E-state index contributed by atoms with van der Waals surface area (Å²) in [5, 5.41) is 9.56. The van der Waals surface area contributed by atoms with Gasteiger partial charge in [0, 0.05) is 36.4 Å². The summed E-state index contributed by atoms with van der Waals surface area (Å²) in [6, 6.07) is 6.22. The quantitative estimate of drug-likeness (QED) is 0.780. The third-order valence-corrected chi connectivity index (χ3v) is 4.37. The van der Waals surface area contributed by atoms with E-state index in [4.69, 9.17) is 0 Å². The molecular weight excluding hydrogens is 272 g/mol. The maximum Gasteiger partial charge on any atom is 0.276 e. The van der Waals surface area contributed by atoms with Gasteiger partial charge in [0.05, 0.1) is 6.20 Å². The van der Waals surface area contributed by atoms with Crippen LogP contribution in [-0.4, -0.2) is 20.7 Å². The molecule has 0 radical (unpaired) electrons. The highest BCUT2D eigenvalue weighted by Gasteiger charge is 2.06. The van der Waals surface area contributed by atoms with E-state index in [1.54, 1.807) is 45.1 Å². The molecule has 5 nitrogen and oxygen atoms in total. The minimum atomic E-state index is -0.00410. The molecule has 104 valence electrons. The van der Waals surface area contributed by atoms with Crippen LogP contribution in [-0.2, 0) is 6.54 Å². The molecule has 3 rings (SSSR count). The summed E-state index contributed by atoms with van der Waals surface area (Å²) in [5.74, 6) is 0. The summed E-state index contributed by atoms with van der Waals surface area (Å²) >= 11 is 1.74. The van der Waals surface area contributed by atoms with Gasteiger partial charge >= 0.3 is 0 Å². The van der Waals surface area contributed by atoms with Crippen molar-refractivity contribution >= 4 is 16.9 Å². The van der Waals surface area contributed by atoms with Crippen molar-refractivity contribution in [1.29, 1.82) is 0 Å². The molecule has 3 heterocycles. The largest absolute Gasteiger partial charge is 0.311 e. The lowest BCUT2D eigenvalue weighted by Crippen LogP contribution is -2.28. The van der Waals surface area contributed by atoms with E-state index in [0.717, 1.165) is 6.54 Å². The smallest absolute Gasteiger partial charge is 0.276 e. The lowest BCUT2D eigenvalue weighted by Gasteiger charge is -2.13. The normalized spacial score (nSPS) is 12.8. The van der Waals surface area contributed by atoms with E-state index in [9.17, 15) is 4.79 Å². The summed E-state index contributed by atoms with van der Waals surface area (Å²) in [6.07, 6.45) is 5.22. The monoisotopic (exact) mass is 288 g/mol. The van der Waals surface area contributed by atoms with Crippen LogP contribution in [0.2, 0.25) is 0 Å². The van der Waals surface area contributed by atoms with Crippen LogP contribution in [0.5, 0.6) is 0 Å². The molecule has 1 atom stereocenters. The Labute approximate surface area is 120 Å². The SMILES string of the molecule is CC(NCCn1ccn2nccc2c1=O)c1cccs1. The number of hydrogen-bond donors (Lipinski definition) is 1. The van der Waals surface area contributed by atoms with Crippen LogP contribution in [0.15, 0.2) is 47.0 Å². The van der Waals surface area contributed by atoms with Crippen molar-refractivity contribution in [2.45, 2.75) is 19.5 Å². The zero-order valence-corrected chi connectivity index (χ0v) is 12.0. The minimum absolute atomic E-state index is 0.00410. The molecule has 0 fully saturated rings. The Morgan fingerprint density at radius 1 is 1.40 bits per heavy atom. The van der Waals surface area contributed by atoms with E-state index in [0.29, 0.717) is 18.1 Å². The molecule has 1 N–H and O–H groups in total. The molecule has 0 spiro atoms. The first-order valence-corrected chi connectivity index (χ1v) is 7.43. The molecule has 0 saturated carbocycles. The Balaban J connectivity index is 1.65. The van der Waals surface area contributed by atoms with Gasteiger partial charge in [-0.1, -0.05) is 6.07 Å². The fourth-order valence-corrected chi connectivity index (χ4v) is 2.94. The highest BCUT2D eigenvalue weighted by molar-refractivity contribution is 7.10. The van der Waals surface area contributed by atoms with E-state index in [1.807, 2.05) is 0 Å². The molecule has 3 aromatic heterocycles. The lowest BCUT2D eigenvalue weighted by atomic mass is 10.3. The first kappa shape index (κ1) is 13.1. The fourth-order valence-electron chi connectivity index (χ4n) is 2.18. The van der Waals surface area contributed by atoms with Crippen LogP contribution < -0.4 is 10.9 Å². The van der Waals surface area contributed by atoms with Gasteiger partial charge < -0.3 is 9.88 Å². The van der Waals surface area contributed by atoms with Crippen molar-refractivity contribution in [3.8, 4) is 0 Å². The molecule has 20 heavy (non-hydrogen) atoms. The van der Waals surface area contributed by atoms with Crippen LogP contribution in [0.25, 0.3) is 5.52 Å². The predicted octanol–water partition coefficient (Wildman–Crippen LogP) is 1.91. The Bertz CT molecular complexity index is 744. The highest BCUT2D eigenvalue weighted by Crippen LogP contribution is 2.17. The van der Waals surface area contributed by atoms with Crippen molar-refractivity contribution in [3.63, 3.8) is 0 Å². The molecule has 0 aliphatic rings. The Morgan fingerprint density at radius 3 is 3.10 bits per heavy atom. The Kier molecular flexibility index (Phi) is 3.66. The van der Waals surface area contributed by atoms with Crippen molar-refractivity contribution in [2.75, 3.05) is 6.54 Å². The second kappa shape index (κ2) is 5.60. The van der Waals surface area contributed by atoms with E-state index >= 15 is 0 Å².